The number of nitrogens with zero attached hydrogens (tertiary/aromatic N) is 5. The van der Waals surface area contributed by atoms with Crippen LogP contribution in [0, 0.1) is 5.82 Å². The standard InChI is InChI=1S/C18H19ClFN5O/c1-23-17(4-5-21-23)18(26)16-9-13-11-24(6-7-25(13)22-16)10-12-2-3-15(20)14(19)8-12/h2-5,8-9,18,26H,6-7,10-11H2,1H3/t18-/m0/s1. The first kappa shape index (κ1) is 17.2. The third-order valence-corrected chi connectivity index (χ3v) is 4.99. The number of aliphatic hydroxyl groups is 1. The molecule has 2 aromatic heterocycles. The van der Waals surface area contributed by atoms with Crippen LogP contribution in [-0.2, 0) is 26.7 Å². The van der Waals surface area contributed by atoms with Crippen LogP contribution in [0.2, 0.25) is 5.02 Å². The average Bonchev–Trinajstić information content (AvgIpc) is 3.23. The first-order valence-electron chi connectivity index (χ1n) is 8.40. The van der Waals surface area contributed by atoms with Gasteiger partial charge in [-0.05, 0) is 29.8 Å². The van der Waals surface area contributed by atoms with Crippen molar-refractivity contribution in [3.05, 3.63) is 70.0 Å². The zero-order chi connectivity index (χ0) is 18.3. The van der Waals surface area contributed by atoms with Crippen LogP contribution in [0.4, 0.5) is 4.39 Å². The topological polar surface area (TPSA) is 59.1 Å². The van der Waals surface area contributed by atoms with E-state index >= 15 is 0 Å². The molecule has 3 aromatic rings. The lowest BCUT2D eigenvalue weighted by atomic mass is 10.1. The predicted octanol–water partition coefficient (Wildman–Crippen LogP) is 2.51. The average molecular weight is 376 g/mol. The van der Waals surface area contributed by atoms with Gasteiger partial charge in [-0.15, -0.1) is 0 Å². The number of benzene rings is 1. The number of hydrogen-bond acceptors (Lipinski definition) is 4. The molecular formula is C18H19ClFN5O. The lowest BCUT2D eigenvalue weighted by Gasteiger charge is -2.27. The van der Waals surface area contributed by atoms with Crippen LogP contribution in [0.5, 0.6) is 0 Å². The Balaban J connectivity index is 1.49. The smallest absolute Gasteiger partial charge is 0.141 e. The number of fused-ring (bicyclic) bond motifs is 1. The van der Waals surface area contributed by atoms with Crippen molar-refractivity contribution in [1.29, 1.82) is 0 Å². The number of aryl methyl sites for hydroxylation is 1. The van der Waals surface area contributed by atoms with Gasteiger partial charge in [-0.1, -0.05) is 17.7 Å². The van der Waals surface area contributed by atoms with Crippen molar-refractivity contribution in [2.45, 2.75) is 25.7 Å². The van der Waals surface area contributed by atoms with Gasteiger partial charge in [0.25, 0.3) is 0 Å². The summed E-state index contributed by atoms with van der Waals surface area (Å²) < 4.78 is 16.9. The van der Waals surface area contributed by atoms with Crippen LogP contribution >= 0.6 is 11.6 Å². The van der Waals surface area contributed by atoms with E-state index in [1.54, 1.807) is 36.1 Å². The van der Waals surface area contributed by atoms with Gasteiger partial charge in [-0.3, -0.25) is 14.3 Å². The van der Waals surface area contributed by atoms with E-state index in [1.165, 1.54) is 6.07 Å². The summed E-state index contributed by atoms with van der Waals surface area (Å²) in [4.78, 5) is 2.25. The van der Waals surface area contributed by atoms with Crippen molar-refractivity contribution in [2.24, 2.45) is 7.05 Å². The van der Waals surface area contributed by atoms with Gasteiger partial charge in [-0.2, -0.15) is 10.2 Å². The minimum Gasteiger partial charge on any atom is -0.380 e. The highest BCUT2D eigenvalue weighted by Gasteiger charge is 2.23. The minimum atomic E-state index is -0.801. The van der Waals surface area contributed by atoms with E-state index in [0.717, 1.165) is 24.3 Å². The molecule has 0 spiro atoms. The summed E-state index contributed by atoms with van der Waals surface area (Å²) in [5.41, 5.74) is 3.34. The van der Waals surface area contributed by atoms with Gasteiger partial charge in [0, 0.05) is 32.9 Å². The normalized spacial score (nSPS) is 15.8. The molecule has 1 aliphatic rings. The van der Waals surface area contributed by atoms with Gasteiger partial charge in [-0.25, -0.2) is 4.39 Å². The van der Waals surface area contributed by atoms with E-state index < -0.39 is 11.9 Å². The number of aromatic nitrogens is 4. The highest BCUT2D eigenvalue weighted by molar-refractivity contribution is 6.30. The van der Waals surface area contributed by atoms with E-state index in [4.69, 9.17) is 11.6 Å². The van der Waals surface area contributed by atoms with Crippen molar-refractivity contribution in [2.75, 3.05) is 6.54 Å². The van der Waals surface area contributed by atoms with E-state index in [2.05, 4.69) is 15.1 Å². The first-order valence-corrected chi connectivity index (χ1v) is 8.78. The van der Waals surface area contributed by atoms with E-state index in [0.29, 0.717) is 24.5 Å². The highest BCUT2D eigenvalue weighted by Crippen LogP contribution is 2.24. The summed E-state index contributed by atoms with van der Waals surface area (Å²) in [5.74, 6) is -0.402. The maximum Gasteiger partial charge on any atom is 0.141 e. The van der Waals surface area contributed by atoms with Crippen molar-refractivity contribution >= 4 is 11.6 Å². The summed E-state index contributed by atoms with van der Waals surface area (Å²) in [5, 5.41) is 19.3. The Bertz CT molecular complexity index is 938. The molecule has 4 rings (SSSR count). The van der Waals surface area contributed by atoms with Crippen molar-refractivity contribution in [3.63, 3.8) is 0 Å². The van der Waals surface area contributed by atoms with Crippen molar-refractivity contribution in [1.82, 2.24) is 24.5 Å². The summed E-state index contributed by atoms with van der Waals surface area (Å²) in [6.07, 6.45) is 0.856. The zero-order valence-electron chi connectivity index (χ0n) is 14.3. The molecule has 8 heteroatoms. The maximum atomic E-state index is 13.3. The molecule has 0 unspecified atom stereocenters. The second-order valence-electron chi connectivity index (χ2n) is 6.53. The minimum absolute atomic E-state index is 0.145. The molecule has 1 N–H and O–H groups in total. The highest BCUT2D eigenvalue weighted by atomic mass is 35.5. The Morgan fingerprint density at radius 3 is 2.85 bits per heavy atom. The molecule has 3 heterocycles. The third kappa shape index (κ3) is 3.25. The summed E-state index contributed by atoms with van der Waals surface area (Å²) in [6, 6.07) is 8.54. The van der Waals surface area contributed by atoms with Gasteiger partial charge in [0.1, 0.15) is 11.9 Å². The third-order valence-electron chi connectivity index (χ3n) is 4.71. The monoisotopic (exact) mass is 375 g/mol. The van der Waals surface area contributed by atoms with Crippen LogP contribution in [0.3, 0.4) is 0 Å². The summed E-state index contributed by atoms with van der Waals surface area (Å²) in [6.45, 7) is 2.96. The molecule has 0 saturated heterocycles. The van der Waals surface area contributed by atoms with Crippen LogP contribution in [-0.4, -0.2) is 36.1 Å². The maximum absolute atomic E-state index is 13.3. The van der Waals surface area contributed by atoms with Crippen molar-refractivity contribution in [3.8, 4) is 0 Å². The summed E-state index contributed by atoms with van der Waals surface area (Å²) >= 11 is 5.87. The molecule has 136 valence electrons. The van der Waals surface area contributed by atoms with Crippen LogP contribution in [0.15, 0.2) is 36.5 Å². The zero-order valence-corrected chi connectivity index (χ0v) is 15.1. The fourth-order valence-electron chi connectivity index (χ4n) is 3.31. The lowest BCUT2D eigenvalue weighted by molar-refractivity contribution is 0.196. The number of halogens is 2. The van der Waals surface area contributed by atoms with Gasteiger partial charge in [0.15, 0.2) is 0 Å². The molecule has 0 radical (unpaired) electrons. The second kappa shape index (κ2) is 6.83. The Morgan fingerprint density at radius 2 is 2.12 bits per heavy atom. The molecule has 1 aromatic carbocycles. The molecular weight excluding hydrogens is 357 g/mol. The molecule has 0 amide bonds. The Kier molecular flexibility index (Phi) is 4.52. The van der Waals surface area contributed by atoms with Gasteiger partial charge in [0.05, 0.1) is 28.6 Å². The molecule has 1 atom stereocenters. The SMILES string of the molecule is Cn1nccc1[C@@H](O)c1cc2n(n1)CCN(Cc1ccc(F)c(Cl)c1)C2. The van der Waals surface area contributed by atoms with Gasteiger partial charge >= 0.3 is 0 Å². The molecule has 0 fully saturated rings. The first-order chi connectivity index (χ1) is 12.5. The van der Waals surface area contributed by atoms with Crippen LogP contribution in [0.1, 0.15) is 28.7 Å². The summed E-state index contributed by atoms with van der Waals surface area (Å²) in [7, 11) is 1.80. The predicted molar refractivity (Wildman–Crippen MR) is 95.0 cm³/mol. The second-order valence-corrected chi connectivity index (χ2v) is 6.93. The Labute approximate surface area is 155 Å². The van der Waals surface area contributed by atoms with E-state index in [-0.39, 0.29) is 5.02 Å². The fourth-order valence-corrected chi connectivity index (χ4v) is 3.51. The largest absolute Gasteiger partial charge is 0.380 e. The number of rotatable bonds is 4. The molecule has 0 saturated carbocycles. The molecule has 0 bridgehead atoms. The molecule has 26 heavy (non-hydrogen) atoms. The number of hydrogen-bond donors (Lipinski definition) is 1. The Morgan fingerprint density at radius 1 is 1.27 bits per heavy atom. The Hall–Kier alpha value is -2.22. The van der Waals surface area contributed by atoms with E-state index in [9.17, 15) is 9.50 Å². The number of aliphatic hydroxyl groups excluding tert-OH is 1. The molecule has 6 nitrogen and oxygen atoms in total. The van der Waals surface area contributed by atoms with Crippen LogP contribution in [0.25, 0.3) is 0 Å². The van der Waals surface area contributed by atoms with Gasteiger partial charge < -0.3 is 5.11 Å². The van der Waals surface area contributed by atoms with E-state index in [1.807, 2.05) is 10.7 Å². The lowest BCUT2D eigenvalue weighted by Crippen LogP contribution is -2.33. The van der Waals surface area contributed by atoms with Gasteiger partial charge in [0.2, 0.25) is 0 Å². The van der Waals surface area contributed by atoms with Crippen LogP contribution < -0.4 is 0 Å². The fraction of sp³-hybridized carbons (Fsp3) is 0.333. The van der Waals surface area contributed by atoms with Crippen molar-refractivity contribution < 1.29 is 9.50 Å². The quantitative estimate of drug-likeness (QED) is 0.761. The molecule has 1 aliphatic heterocycles. The molecule has 0 aliphatic carbocycles.